The van der Waals surface area contributed by atoms with E-state index in [0.717, 1.165) is 50.0 Å². The molecule has 6 N–H and O–H groups in total. The quantitative estimate of drug-likeness (QED) is 0.0213. The van der Waals surface area contributed by atoms with Gasteiger partial charge < -0.3 is 72.5 Å². The van der Waals surface area contributed by atoms with Crippen molar-refractivity contribution in [2.75, 3.05) is 137 Å². The molecule has 3 aromatic heterocycles. The maximum atomic E-state index is 14.1. The van der Waals surface area contributed by atoms with E-state index in [4.69, 9.17) is 65.5 Å². The number of aromatic amines is 2. The number of amides is 2. The molecule has 0 bridgehead atoms. The average molecular weight is 1550 g/mol. The third-order valence-corrected chi connectivity index (χ3v) is 19.5. The van der Waals surface area contributed by atoms with Gasteiger partial charge in [-0.2, -0.15) is 0 Å². The lowest BCUT2D eigenvalue weighted by Crippen LogP contribution is -2.33. The van der Waals surface area contributed by atoms with Crippen LogP contribution < -0.4 is 32.7 Å². The second kappa shape index (κ2) is 45.5. The van der Waals surface area contributed by atoms with E-state index in [-0.39, 0.29) is 81.0 Å². The highest BCUT2D eigenvalue weighted by atomic mass is 31.2. The van der Waals surface area contributed by atoms with Gasteiger partial charge in [-0.15, -0.1) is 5.10 Å². The molecule has 8 rings (SSSR count). The van der Waals surface area contributed by atoms with E-state index in [1.54, 1.807) is 4.90 Å². The van der Waals surface area contributed by atoms with Crippen molar-refractivity contribution in [2.45, 2.75) is 161 Å². The van der Waals surface area contributed by atoms with Crippen molar-refractivity contribution in [1.82, 2.24) is 39.4 Å². The molecule has 3 aliphatic rings. The molecule has 2 fully saturated rings. The lowest BCUT2D eigenvalue weighted by Gasteiger charge is -2.28. The van der Waals surface area contributed by atoms with E-state index in [9.17, 15) is 57.6 Å². The molecule has 2 saturated heterocycles. The molecule has 2 amide bonds. The number of ketones is 1. The minimum Gasteiger partial charge on any atom is -0.390 e. The molecule has 3 aliphatic heterocycles. The Morgan fingerprint density at radius 2 is 1.10 bits per heavy atom. The largest absolute Gasteiger partial charge is 0.472 e. The number of aryl methyl sites for hydroxylation is 2. The highest BCUT2D eigenvalue weighted by Crippen LogP contribution is 2.51. The fourth-order valence-corrected chi connectivity index (χ4v) is 13.5. The molecule has 0 radical (unpaired) electrons. The Labute approximate surface area is 619 Å². The van der Waals surface area contributed by atoms with Crippen LogP contribution in [0, 0.1) is 13.8 Å². The van der Waals surface area contributed by atoms with Gasteiger partial charge in [0.25, 0.3) is 11.1 Å². The lowest BCUT2D eigenvalue weighted by molar-refractivity contribution is -0.122. The number of fused-ring (bicyclic) bond motifs is 5. The summed E-state index contributed by atoms with van der Waals surface area (Å²) in [6.07, 6.45) is 3.04. The summed E-state index contributed by atoms with van der Waals surface area (Å²) in [5, 5.41) is 22.8. The number of nitrogens with zero attached hydrogens (tertiary/aromatic N) is 6. The van der Waals surface area contributed by atoms with Crippen molar-refractivity contribution >= 4 is 38.9 Å². The van der Waals surface area contributed by atoms with Gasteiger partial charge in [0.05, 0.1) is 149 Å². The van der Waals surface area contributed by atoms with E-state index < -0.39 is 94.8 Å². The monoisotopic (exact) mass is 1550 g/mol. The Morgan fingerprint density at radius 3 is 1.75 bits per heavy atom. The molecular weight excluding hydrogens is 1440 g/mol. The molecule has 107 heavy (non-hydrogen) atoms. The zero-order chi connectivity index (χ0) is 76.4. The molecule has 0 spiro atoms. The number of ether oxygens (including phenoxy) is 10. The summed E-state index contributed by atoms with van der Waals surface area (Å²) in [4.78, 5) is 115. The fourth-order valence-electron chi connectivity index (χ4n) is 11.9. The first kappa shape index (κ1) is 85.9. The fraction of sp³-hybridized carbons (Fsp3) is 0.643. The van der Waals surface area contributed by atoms with E-state index in [0.29, 0.717) is 137 Å². The molecule has 594 valence electrons. The second-order valence-corrected chi connectivity index (χ2v) is 28.5. The zero-order valence-electron chi connectivity index (χ0n) is 61.0. The van der Waals surface area contributed by atoms with Crippen LogP contribution in [0.5, 0.6) is 0 Å². The molecular formula is C70H103N9O26P2. The topological polar surface area (TPSA) is 431 Å². The molecule has 0 saturated carbocycles. The maximum absolute atomic E-state index is 14.1. The van der Waals surface area contributed by atoms with Crippen LogP contribution in [-0.4, -0.2) is 223 Å². The van der Waals surface area contributed by atoms with E-state index in [1.165, 1.54) is 45.5 Å². The number of H-pyrrole nitrogens is 2. The Balaban J connectivity index is 0.631. The molecule has 5 aromatic rings. The number of anilines is 1. The number of phosphoric acid groups is 2. The van der Waals surface area contributed by atoms with Gasteiger partial charge in [0.2, 0.25) is 11.8 Å². The first-order valence-electron chi connectivity index (χ1n) is 36.4. The Bertz CT molecular complexity index is 3930. The van der Waals surface area contributed by atoms with Crippen molar-refractivity contribution in [1.29, 1.82) is 0 Å². The molecule has 6 heterocycles. The second-order valence-electron chi connectivity index (χ2n) is 25.7. The van der Waals surface area contributed by atoms with Crippen LogP contribution in [0.1, 0.15) is 126 Å². The molecule has 0 aliphatic carbocycles. The number of aliphatic hydroxyl groups is 1. The summed E-state index contributed by atoms with van der Waals surface area (Å²) in [6, 6.07) is 15.6. The number of aromatic nitrogens is 7. The van der Waals surface area contributed by atoms with Crippen molar-refractivity contribution < 1.29 is 104 Å². The summed E-state index contributed by atoms with van der Waals surface area (Å²) in [7, 11) is -9.90. The molecule has 35 nitrogen and oxygen atoms in total. The van der Waals surface area contributed by atoms with Crippen LogP contribution in [-0.2, 0) is 102 Å². The number of para-hydroxylation sites is 1. The summed E-state index contributed by atoms with van der Waals surface area (Å²) in [5.74, 6) is 0.0426. The minimum atomic E-state index is -5.08. The summed E-state index contributed by atoms with van der Waals surface area (Å²) < 4.78 is 107. The number of phosphoric ester groups is 2. The third-order valence-electron chi connectivity index (χ3n) is 17.5. The standard InChI is InChI=1S/C70H103N9O26P2/c1-4-5-6-7-14-24-71-61(82)23-27-93-30-33-96-36-37-97-34-31-94-28-25-79-66-54-19-10-8-16-52(54)47-76(56-21-12-11-20-55(56)65(66)74-75-79)62(83)22-13-9-17-53(80)18-15-26-92-29-32-95-35-38-98-39-40-99-41-42-100-106(88,89)101-49-60-58(44-64(104-60)78-46-51(3)68(85)73-70(78)87)105-107(90,91)102-48-59-57(81)43-63(103-59)77-45-50(2)67(84)72-69(77)86/h8,10-12,16,19-21,45-46,57-60,63-64,81H,4-7,9,13-15,17-18,22-44,47-49H2,1-3H3,(H,71,82)(H,88,89)(H,90,91)(H,72,84,86)(H,73,85,87)/t57?,58?,59-,60-,63-,64-/m1/s1. The number of benzene rings is 2. The number of unbranched alkanes of at least 4 members (excludes halogenated alkanes) is 5. The predicted molar refractivity (Wildman–Crippen MR) is 385 cm³/mol. The van der Waals surface area contributed by atoms with Crippen LogP contribution >= 0.6 is 15.6 Å². The first-order chi connectivity index (χ1) is 51.7. The van der Waals surface area contributed by atoms with Crippen LogP contribution in [0.3, 0.4) is 0 Å². The van der Waals surface area contributed by atoms with Gasteiger partial charge in [-0.05, 0) is 51.2 Å². The first-order valence-corrected chi connectivity index (χ1v) is 39.4. The number of hydrogen-bond donors (Lipinski definition) is 6. The van der Waals surface area contributed by atoms with Gasteiger partial charge in [-0.25, -0.2) is 23.4 Å². The number of carbonyl (C=O) groups excluding carboxylic acids is 3. The number of rotatable bonds is 53. The molecule has 4 unspecified atom stereocenters. The summed E-state index contributed by atoms with van der Waals surface area (Å²) in [6.45, 7) is 9.44. The van der Waals surface area contributed by atoms with Crippen LogP contribution in [0.4, 0.5) is 5.69 Å². The normalized spacial score (nSPS) is 18.8. The average Bonchev–Trinajstić information content (AvgIpc) is 1.67. The number of nitrogens with one attached hydrogen (secondary N) is 3. The highest BCUT2D eigenvalue weighted by molar-refractivity contribution is 7.47. The zero-order valence-corrected chi connectivity index (χ0v) is 62.8. The Kier molecular flexibility index (Phi) is 36.5. The van der Waals surface area contributed by atoms with Gasteiger partial charge in [0, 0.05) is 86.3 Å². The van der Waals surface area contributed by atoms with Gasteiger partial charge >= 0.3 is 27.0 Å². The van der Waals surface area contributed by atoms with Crippen LogP contribution in [0.15, 0.2) is 80.1 Å². The highest BCUT2D eigenvalue weighted by Gasteiger charge is 2.45. The van der Waals surface area contributed by atoms with Crippen LogP contribution in [0.2, 0.25) is 0 Å². The van der Waals surface area contributed by atoms with Crippen molar-refractivity contribution in [3.05, 3.63) is 119 Å². The molecule has 8 atom stereocenters. The van der Waals surface area contributed by atoms with Gasteiger partial charge in [0.1, 0.15) is 42.2 Å². The maximum Gasteiger partial charge on any atom is 0.472 e. The Morgan fingerprint density at radius 1 is 0.579 bits per heavy atom. The molecule has 2 aromatic carbocycles. The van der Waals surface area contributed by atoms with Gasteiger partial charge in [-0.3, -0.25) is 61.2 Å². The SMILES string of the molecule is CCCCCCCNC(=O)CCOCCOCCOCCOCCn1nnc2c1-c1ccccc1CN(C(=O)CCCCC(=O)CCCOCCOCCOCCOCCOP(=O)(O)OC[C@H]1O[C@@H](n3cc(C)c(=O)[nH]c3=O)CC1OP(=O)(O)OC[C@H]1O[C@@H](n3cc(C)c(=O)[nH]c3=O)CC1O)c1ccccc1-2. The third kappa shape index (κ3) is 28.6. The lowest BCUT2D eigenvalue weighted by atomic mass is 9.95. The summed E-state index contributed by atoms with van der Waals surface area (Å²) >= 11 is 0. The smallest absolute Gasteiger partial charge is 0.390 e. The predicted octanol–water partition coefficient (Wildman–Crippen LogP) is 5.27. The number of carbonyl (C=O) groups is 3. The molecule has 37 heteroatoms. The van der Waals surface area contributed by atoms with Gasteiger partial charge in [0.15, 0.2) is 0 Å². The van der Waals surface area contributed by atoms with Crippen molar-refractivity contribution in [3.63, 3.8) is 0 Å². The number of Topliss-reactive ketones (excluding diaryl/α,β-unsaturated/α-hetero) is 1. The van der Waals surface area contributed by atoms with Crippen LogP contribution in [0.25, 0.3) is 22.5 Å². The number of aliphatic hydroxyl groups excluding tert-OH is 1. The van der Waals surface area contributed by atoms with Gasteiger partial charge in [-0.1, -0.05) is 80.3 Å². The van der Waals surface area contributed by atoms with Crippen molar-refractivity contribution in [3.8, 4) is 22.5 Å². The Hall–Kier alpha value is -6.67. The van der Waals surface area contributed by atoms with E-state index in [2.05, 4.69) is 32.5 Å². The summed E-state index contributed by atoms with van der Waals surface area (Å²) in [5.41, 5.74) is 2.24. The van der Waals surface area contributed by atoms with Crippen molar-refractivity contribution in [2.24, 2.45) is 0 Å². The van der Waals surface area contributed by atoms with E-state index >= 15 is 0 Å². The number of hydrogen-bond acceptors (Lipinski definition) is 26. The van der Waals surface area contributed by atoms with E-state index in [1.807, 2.05) is 53.2 Å². The minimum absolute atomic E-state index is 0.00832.